The molecule has 3 heteroatoms. The first-order valence-corrected chi connectivity index (χ1v) is 8.07. The van der Waals surface area contributed by atoms with E-state index in [0.29, 0.717) is 0 Å². The molecule has 0 aromatic heterocycles. The Morgan fingerprint density at radius 2 is 1.43 bits per heavy atom. The lowest BCUT2D eigenvalue weighted by molar-refractivity contribution is -0.125. The van der Waals surface area contributed by atoms with E-state index in [9.17, 15) is 4.79 Å². The molecule has 3 N–H and O–H groups in total. The third kappa shape index (κ3) is 4.42. The molecule has 0 saturated heterocycles. The molecule has 23 heavy (non-hydrogen) atoms. The fraction of sp³-hybridized carbons (Fsp3) is 0.350. The topological polar surface area (TPSA) is 55.1 Å². The monoisotopic (exact) mass is 310 g/mol. The second kappa shape index (κ2) is 7.42. The Labute approximate surface area is 138 Å². The van der Waals surface area contributed by atoms with E-state index in [-0.39, 0.29) is 23.9 Å². The van der Waals surface area contributed by atoms with Gasteiger partial charge >= 0.3 is 0 Å². The molecule has 0 aliphatic rings. The number of carbonyl (C=O) groups excluding carboxylic acids is 1. The Morgan fingerprint density at radius 3 is 1.83 bits per heavy atom. The number of rotatable bonds is 5. The molecular weight excluding hydrogens is 284 g/mol. The third-order valence-corrected chi connectivity index (χ3v) is 4.24. The van der Waals surface area contributed by atoms with E-state index in [2.05, 4.69) is 55.6 Å². The van der Waals surface area contributed by atoms with E-state index >= 15 is 0 Å². The van der Waals surface area contributed by atoms with Crippen molar-refractivity contribution in [3.63, 3.8) is 0 Å². The number of benzene rings is 2. The lowest BCUT2D eigenvalue weighted by Gasteiger charge is -2.24. The van der Waals surface area contributed by atoms with Crippen LogP contribution in [0.4, 0.5) is 0 Å². The molecule has 0 spiro atoms. The highest BCUT2D eigenvalue weighted by Gasteiger charge is 2.22. The van der Waals surface area contributed by atoms with Crippen LogP contribution in [0.2, 0.25) is 0 Å². The maximum atomic E-state index is 12.5. The highest BCUT2D eigenvalue weighted by atomic mass is 16.1. The van der Waals surface area contributed by atoms with Gasteiger partial charge in [-0.3, -0.25) is 4.79 Å². The van der Waals surface area contributed by atoms with E-state index in [1.165, 1.54) is 11.1 Å². The van der Waals surface area contributed by atoms with Gasteiger partial charge in [-0.15, -0.1) is 0 Å². The molecule has 0 bridgehead atoms. The molecule has 2 aromatic carbocycles. The lowest BCUT2D eigenvalue weighted by Crippen LogP contribution is -2.40. The van der Waals surface area contributed by atoms with Crippen molar-refractivity contribution in [2.75, 3.05) is 0 Å². The summed E-state index contributed by atoms with van der Waals surface area (Å²) in [7, 11) is 0. The van der Waals surface area contributed by atoms with Crippen molar-refractivity contribution >= 4 is 5.91 Å². The molecular formula is C20H26N2O. The van der Waals surface area contributed by atoms with Gasteiger partial charge in [0.1, 0.15) is 0 Å². The van der Waals surface area contributed by atoms with Crippen molar-refractivity contribution in [2.24, 2.45) is 11.7 Å². The molecule has 2 aromatic rings. The number of carbonyl (C=O) groups is 1. The van der Waals surface area contributed by atoms with Crippen molar-refractivity contribution in [3.05, 3.63) is 70.8 Å². The minimum atomic E-state index is -0.230. The van der Waals surface area contributed by atoms with Crippen molar-refractivity contribution in [3.8, 4) is 0 Å². The molecule has 2 atom stereocenters. The van der Waals surface area contributed by atoms with Crippen LogP contribution < -0.4 is 11.1 Å². The van der Waals surface area contributed by atoms with Gasteiger partial charge in [-0.2, -0.15) is 0 Å². The van der Waals surface area contributed by atoms with Gasteiger partial charge in [0.05, 0.1) is 6.04 Å². The second-order valence-corrected chi connectivity index (χ2v) is 6.42. The zero-order valence-corrected chi connectivity index (χ0v) is 14.3. The molecule has 0 aliphatic heterocycles. The van der Waals surface area contributed by atoms with Crippen LogP contribution in [0.5, 0.6) is 0 Å². The van der Waals surface area contributed by atoms with Crippen LogP contribution in [0, 0.1) is 19.8 Å². The van der Waals surface area contributed by atoms with Crippen LogP contribution in [0.25, 0.3) is 0 Å². The number of hydrogen-bond donors (Lipinski definition) is 2. The molecule has 0 fully saturated rings. The first kappa shape index (κ1) is 17.2. The summed E-state index contributed by atoms with van der Waals surface area (Å²) in [6, 6.07) is 16.2. The SMILES string of the molecule is Cc1cccc(C(NC(=O)C(C)C(C)N)c2cccc(C)c2)c1. The maximum Gasteiger partial charge on any atom is 0.225 e. The Balaban J connectivity index is 2.38. The van der Waals surface area contributed by atoms with Crippen LogP contribution in [0.1, 0.15) is 42.1 Å². The van der Waals surface area contributed by atoms with E-state index in [4.69, 9.17) is 5.73 Å². The Hall–Kier alpha value is -2.13. The summed E-state index contributed by atoms with van der Waals surface area (Å²) in [4.78, 5) is 12.5. The quantitative estimate of drug-likeness (QED) is 0.888. The summed E-state index contributed by atoms with van der Waals surface area (Å²) in [6.45, 7) is 7.84. The zero-order chi connectivity index (χ0) is 17.0. The number of nitrogens with one attached hydrogen (secondary N) is 1. The fourth-order valence-corrected chi connectivity index (χ4v) is 2.57. The summed E-state index contributed by atoms with van der Waals surface area (Å²) in [5.41, 5.74) is 10.4. The normalized spacial score (nSPS) is 13.7. The van der Waals surface area contributed by atoms with Crippen LogP contribution >= 0.6 is 0 Å². The number of nitrogens with two attached hydrogens (primary N) is 1. The predicted octanol–water partition coefficient (Wildman–Crippen LogP) is 3.49. The molecule has 0 aliphatic carbocycles. The Morgan fingerprint density at radius 1 is 0.957 bits per heavy atom. The molecule has 1 amide bonds. The Bertz CT molecular complexity index is 633. The van der Waals surface area contributed by atoms with E-state index in [0.717, 1.165) is 11.1 Å². The van der Waals surface area contributed by atoms with E-state index < -0.39 is 0 Å². The summed E-state index contributed by atoms with van der Waals surface area (Å²) in [5.74, 6) is -0.250. The minimum Gasteiger partial charge on any atom is -0.345 e. The van der Waals surface area contributed by atoms with Crippen molar-refractivity contribution < 1.29 is 4.79 Å². The van der Waals surface area contributed by atoms with Gasteiger partial charge in [0, 0.05) is 12.0 Å². The van der Waals surface area contributed by atoms with Gasteiger partial charge in [0.15, 0.2) is 0 Å². The van der Waals surface area contributed by atoms with Gasteiger partial charge in [-0.25, -0.2) is 0 Å². The second-order valence-electron chi connectivity index (χ2n) is 6.42. The van der Waals surface area contributed by atoms with Crippen molar-refractivity contribution in [1.29, 1.82) is 0 Å². The van der Waals surface area contributed by atoms with Crippen LogP contribution in [0.3, 0.4) is 0 Å². The maximum absolute atomic E-state index is 12.5. The first-order valence-electron chi connectivity index (χ1n) is 8.07. The fourth-order valence-electron chi connectivity index (χ4n) is 2.57. The number of aryl methyl sites for hydroxylation is 2. The molecule has 122 valence electrons. The van der Waals surface area contributed by atoms with Crippen LogP contribution in [0.15, 0.2) is 48.5 Å². The number of amides is 1. The smallest absolute Gasteiger partial charge is 0.225 e. The molecule has 0 heterocycles. The predicted molar refractivity (Wildman–Crippen MR) is 95.2 cm³/mol. The van der Waals surface area contributed by atoms with Crippen LogP contribution in [-0.4, -0.2) is 11.9 Å². The largest absolute Gasteiger partial charge is 0.345 e. The Kier molecular flexibility index (Phi) is 5.56. The third-order valence-electron chi connectivity index (χ3n) is 4.24. The van der Waals surface area contributed by atoms with Gasteiger partial charge < -0.3 is 11.1 Å². The average Bonchev–Trinajstić information content (AvgIpc) is 2.51. The highest BCUT2D eigenvalue weighted by Crippen LogP contribution is 2.24. The molecule has 0 saturated carbocycles. The van der Waals surface area contributed by atoms with E-state index in [1.807, 2.05) is 26.0 Å². The summed E-state index contributed by atoms with van der Waals surface area (Å²) >= 11 is 0. The average molecular weight is 310 g/mol. The summed E-state index contributed by atoms with van der Waals surface area (Å²) in [6.07, 6.45) is 0. The molecule has 3 nitrogen and oxygen atoms in total. The summed E-state index contributed by atoms with van der Waals surface area (Å²) < 4.78 is 0. The molecule has 2 unspecified atom stereocenters. The van der Waals surface area contributed by atoms with Gasteiger partial charge in [-0.05, 0) is 31.9 Å². The lowest BCUT2D eigenvalue weighted by atomic mass is 9.94. The van der Waals surface area contributed by atoms with E-state index in [1.54, 1.807) is 0 Å². The molecule has 2 rings (SSSR count). The minimum absolute atomic E-state index is 0.0204. The first-order chi connectivity index (χ1) is 10.9. The van der Waals surface area contributed by atoms with Gasteiger partial charge in [0.25, 0.3) is 0 Å². The van der Waals surface area contributed by atoms with Gasteiger partial charge in [0.2, 0.25) is 5.91 Å². The standard InChI is InChI=1S/C20H26N2O/c1-13-7-5-9-17(11-13)19(18-10-6-8-14(2)12-18)22-20(23)15(3)16(4)21/h5-12,15-16,19H,21H2,1-4H3,(H,22,23). The summed E-state index contributed by atoms with van der Waals surface area (Å²) in [5, 5.41) is 3.17. The van der Waals surface area contributed by atoms with Crippen molar-refractivity contribution in [2.45, 2.75) is 39.8 Å². The highest BCUT2D eigenvalue weighted by molar-refractivity contribution is 5.80. The van der Waals surface area contributed by atoms with Gasteiger partial charge in [-0.1, -0.05) is 66.6 Å². The zero-order valence-electron chi connectivity index (χ0n) is 14.3. The number of hydrogen-bond acceptors (Lipinski definition) is 2. The van der Waals surface area contributed by atoms with Crippen molar-refractivity contribution in [1.82, 2.24) is 5.32 Å². The van der Waals surface area contributed by atoms with Crippen LogP contribution in [-0.2, 0) is 4.79 Å². The molecule has 0 radical (unpaired) electrons.